The maximum absolute atomic E-state index is 11.6. The van der Waals surface area contributed by atoms with Crippen molar-refractivity contribution in [2.75, 3.05) is 12.3 Å². The van der Waals surface area contributed by atoms with Gasteiger partial charge in [0.05, 0.1) is 12.3 Å². The second-order valence-electron chi connectivity index (χ2n) is 3.23. The van der Waals surface area contributed by atoms with Crippen LogP contribution >= 0.6 is 11.5 Å². The quantitative estimate of drug-likeness (QED) is 0.841. The van der Waals surface area contributed by atoms with Gasteiger partial charge in [0.15, 0.2) is 4.88 Å². The van der Waals surface area contributed by atoms with Gasteiger partial charge in [0.1, 0.15) is 5.69 Å². The smallest absolute Gasteiger partial charge is 0.352 e. The minimum Gasteiger partial charge on any atom is -0.462 e. The molecule has 5 nitrogen and oxygen atoms in total. The van der Waals surface area contributed by atoms with E-state index in [2.05, 4.69) is 9.36 Å². The molecule has 2 aromatic rings. The highest BCUT2D eigenvalue weighted by Gasteiger charge is 2.19. The van der Waals surface area contributed by atoms with Crippen LogP contribution in [0.15, 0.2) is 24.5 Å². The zero-order valence-corrected chi connectivity index (χ0v) is 10.0. The molecule has 88 valence electrons. The molecule has 0 aliphatic rings. The van der Waals surface area contributed by atoms with Crippen molar-refractivity contribution in [1.82, 2.24) is 9.36 Å². The molecule has 2 rings (SSSR count). The lowest BCUT2D eigenvalue weighted by atomic mass is 10.1. The Morgan fingerprint density at radius 3 is 2.82 bits per heavy atom. The number of esters is 1. The van der Waals surface area contributed by atoms with Crippen molar-refractivity contribution in [3.05, 3.63) is 29.4 Å². The lowest BCUT2D eigenvalue weighted by Gasteiger charge is -2.00. The number of nitrogens with two attached hydrogens (primary N) is 1. The van der Waals surface area contributed by atoms with Crippen LogP contribution in [0.5, 0.6) is 0 Å². The molecule has 0 saturated carbocycles. The molecule has 0 atom stereocenters. The highest BCUT2D eigenvalue weighted by Crippen LogP contribution is 2.30. The van der Waals surface area contributed by atoms with Gasteiger partial charge in [-0.05, 0) is 30.6 Å². The van der Waals surface area contributed by atoms with E-state index >= 15 is 0 Å². The van der Waals surface area contributed by atoms with Gasteiger partial charge in [-0.1, -0.05) is 0 Å². The van der Waals surface area contributed by atoms with Gasteiger partial charge < -0.3 is 10.5 Å². The molecule has 0 aliphatic heterocycles. The number of nitrogens with zero attached hydrogens (tertiary/aromatic N) is 2. The molecule has 0 radical (unpaired) electrons. The molecule has 2 aromatic heterocycles. The van der Waals surface area contributed by atoms with Crippen LogP contribution in [0.25, 0.3) is 11.3 Å². The van der Waals surface area contributed by atoms with E-state index in [1.54, 1.807) is 31.5 Å². The largest absolute Gasteiger partial charge is 0.462 e. The molecular weight excluding hydrogens is 238 g/mol. The number of nitrogen functional groups attached to an aromatic ring is 1. The summed E-state index contributed by atoms with van der Waals surface area (Å²) in [5, 5.41) is 0. The summed E-state index contributed by atoms with van der Waals surface area (Å²) in [6.45, 7) is 2.07. The third-order valence-electron chi connectivity index (χ3n) is 2.14. The number of rotatable bonds is 3. The Labute approximate surface area is 102 Å². The fourth-order valence-electron chi connectivity index (χ4n) is 1.36. The highest BCUT2D eigenvalue weighted by molar-refractivity contribution is 7.09. The topological polar surface area (TPSA) is 78.1 Å². The first kappa shape index (κ1) is 11.5. The Bertz CT molecular complexity index is 525. The molecule has 0 fully saturated rings. The minimum absolute atomic E-state index is 0.320. The summed E-state index contributed by atoms with van der Waals surface area (Å²) < 4.78 is 9.07. The van der Waals surface area contributed by atoms with Gasteiger partial charge in [-0.25, -0.2) is 4.79 Å². The summed E-state index contributed by atoms with van der Waals surface area (Å²) in [5.74, 6) is -0.428. The SMILES string of the molecule is CCOC(=O)c1snc(-c2ccncc2)c1N. The Morgan fingerprint density at radius 1 is 1.47 bits per heavy atom. The molecule has 0 aliphatic carbocycles. The average molecular weight is 249 g/mol. The number of carbonyl (C=O) groups is 1. The number of carbonyl (C=O) groups excluding carboxylic acids is 1. The summed E-state index contributed by atoms with van der Waals surface area (Å²) in [6, 6.07) is 3.58. The van der Waals surface area contributed by atoms with Crippen molar-refractivity contribution in [3.63, 3.8) is 0 Å². The van der Waals surface area contributed by atoms with Crippen LogP contribution in [-0.2, 0) is 4.74 Å². The lowest BCUT2D eigenvalue weighted by Crippen LogP contribution is -2.05. The summed E-state index contributed by atoms with van der Waals surface area (Å²) >= 11 is 1.05. The van der Waals surface area contributed by atoms with Gasteiger partial charge in [0.2, 0.25) is 0 Å². The van der Waals surface area contributed by atoms with E-state index in [-0.39, 0.29) is 0 Å². The molecule has 0 aromatic carbocycles. The molecule has 6 heteroatoms. The maximum atomic E-state index is 11.6. The van der Waals surface area contributed by atoms with Crippen molar-refractivity contribution >= 4 is 23.2 Å². The Morgan fingerprint density at radius 2 is 2.18 bits per heavy atom. The van der Waals surface area contributed by atoms with Gasteiger partial charge >= 0.3 is 5.97 Å². The molecule has 0 bridgehead atoms. The number of pyridine rings is 1. The number of aromatic nitrogens is 2. The fraction of sp³-hybridized carbons (Fsp3) is 0.182. The summed E-state index contributed by atoms with van der Waals surface area (Å²) in [4.78, 5) is 15.8. The number of anilines is 1. The fourth-order valence-corrected chi connectivity index (χ4v) is 2.07. The average Bonchev–Trinajstić information content (AvgIpc) is 2.72. The van der Waals surface area contributed by atoms with Crippen molar-refractivity contribution in [3.8, 4) is 11.3 Å². The van der Waals surface area contributed by atoms with Crippen molar-refractivity contribution < 1.29 is 9.53 Å². The van der Waals surface area contributed by atoms with E-state index in [1.807, 2.05) is 0 Å². The van der Waals surface area contributed by atoms with Crippen molar-refractivity contribution in [1.29, 1.82) is 0 Å². The van der Waals surface area contributed by atoms with E-state index in [1.165, 1.54) is 0 Å². The predicted octanol–water partition coefficient (Wildman–Crippen LogP) is 1.96. The van der Waals surface area contributed by atoms with Crippen LogP contribution in [0.4, 0.5) is 5.69 Å². The van der Waals surface area contributed by atoms with Gasteiger partial charge in [-0.3, -0.25) is 4.98 Å². The third-order valence-corrected chi connectivity index (χ3v) is 2.99. The van der Waals surface area contributed by atoms with E-state index < -0.39 is 5.97 Å². The van der Waals surface area contributed by atoms with Crippen molar-refractivity contribution in [2.45, 2.75) is 6.92 Å². The molecule has 2 N–H and O–H groups in total. The molecule has 0 unspecified atom stereocenters. The van der Waals surface area contributed by atoms with Crippen LogP contribution in [0.2, 0.25) is 0 Å². The Balaban J connectivity index is 2.37. The third kappa shape index (κ3) is 2.26. The maximum Gasteiger partial charge on any atom is 0.352 e. The first-order valence-corrected chi connectivity index (χ1v) is 5.84. The second kappa shape index (κ2) is 4.92. The second-order valence-corrected chi connectivity index (χ2v) is 4.00. The van der Waals surface area contributed by atoms with E-state index in [9.17, 15) is 4.79 Å². The van der Waals surface area contributed by atoms with Gasteiger partial charge in [-0.15, -0.1) is 0 Å². The van der Waals surface area contributed by atoms with Crippen LogP contribution in [0, 0.1) is 0 Å². The van der Waals surface area contributed by atoms with Gasteiger partial charge in [-0.2, -0.15) is 4.37 Å². The first-order chi connectivity index (χ1) is 8.24. The van der Waals surface area contributed by atoms with Crippen molar-refractivity contribution in [2.24, 2.45) is 0 Å². The van der Waals surface area contributed by atoms with E-state index in [0.29, 0.717) is 22.9 Å². The van der Waals surface area contributed by atoms with Crippen LogP contribution in [0.3, 0.4) is 0 Å². The first-order valence-electron chi connectivity index (χ1n) is 5.06. The molecule has 0 spiro atoms. The van der Waals surface area contributed by atoms with Crippen LogP contribution in [-0.4, -0.2) is 21.9 Å². The Hall–Kier alpha value is -1.95. The monoisotopic (exact) mass is 249 g/mol. The molecular formula is C11H11N3O2S. The normalized spacial score (nSPS) is 10.2. The summed E-state index contributed by atoms with van der Waals surface area (Å²) in [6.07, 6.45) is 3.30. The molecule has 0 saturated heterocycles. The minimum atomic E-state index is -0.428. The number of ether oxygens (including phenoxy) is 1. The zero-order chi connectivity index (χ0) is 12.3. The van der Waals surface area contributed by atoms with Crippen LogP contribution in [0.1, 0.15) is 16.6 Å². The summed E-state index contributed by atoms with van der Waals surface area (Å²) in [5.41, 5.74) is 7.69. The molecule has 2 heterocycles. The van der Waals surface area contributed by atoms with E-state index in [0.717, 1.165) is 17.1 Å². The molecule has 17 heavy (non-hydrogen) atoms. The standard InChI is InChI=1S/C11H11N3O2S/c1-2-16-11(15)10-8(12)9(14-17-10)7-3-5-13-6-4-7/h3-6H,2,12H2,1H3. The Kier molecular flexibility index (Phi) is 3.34. The zero-order valence-electron chi connectivity index (χ0n) is 9.21. The highest BCUT2D eigenvalue weighted by atomic mass is 32.1. The number of hydrogen-bond donors (Lipinski definition) is 1. The molecule has 0 amide bonds. The summed E-state index contributed by atoms with van der Waals surface area (Å²) in [7, 11) is 0. The predicted molar refractivity (Wildman–Crippen MR) is 65.7 cm³/mol. The van der Waals surface area contributed by atoms with Gasteiger partial charge in [0.25, 0.3) is 0 Å². The van der Waals surface area contributed by atoms with E-state index in [4.69, 9.17) is 10.5 Å². The van der Waals surface area contributed by atoms with Gasteiger partial charge in [0, 0.05) is 18.0 Å². The van der Waals surface area contributed by atoms with Crippen LogP contribution < -0.4 is 5.73 Å². The lowest BCUT2D eigenvalue weighted by molar-refractivity contribution is 0.0533. The number of hydrogen-bond acceptors (Lipinski definition) is 6.